The number of nitrogens with one attached hydrogen (secondary N) is 1. The molecule has 0 atom stereocenters. The smallest absolute Gasteiger partial charge is 0.124 e. The van der Waals surface area contributed by atoms with Crippen LogP contribution in [0.3, 0.4) is 0 Å². The Hall–Kier alpha value is -0.710. The molecule has 0 radical (unpaired) electrons. The molecule has 2 aromatic heterocycles. The summed E-state index contributed by atoms with van der Waals surface area (Å²) in [7, 11) is 1.95. The Morgan fingerprint density at radius 3 is 3.15 bits per heavy atom. The third kappa shape index (κ3) is 1.96. The van der Waals surface area contributed by atoms with E-state index in [1.165, 1.54) is 10.4 Å². The summed E-state index contributed by atoms with van der Waals surface area (Å²) in [5.74, 6) is 0. The zero-order valence-electron chi connectivity index (χ0n) is 7.28. The van der Waals surface area contributed by atoms with Gasteiger partial charge in [-0.15, -0.1) is 11.3 Å². The van der Waals surface area contributed by atoms with Crippen LogP contribution >= 0.6 is 22.7 Å². The highest BCUT2D eigenvalue weighted by Crippen LogP contribution is 2.26. The molecule has 4 heteroatoms. The molecule has 0 bridgehead atoms. The highest BCUT2D eigenvalue weighted by molar-refractivity contribution is 7.15. The number of rotatable bonds is 3. The average Bonchev–Trinajstić information content (AvgIpc) is 2.70. The summed E-state index contributed by atoms with van der Waals surface area (Å²) in [4.78, 5) is 5.64. The molecule has 0 aliphatic carbocycles. The molecule has 0 aromatic carbocycles. The highest BCUT2D eigenvalue weighted by Gasteiger charge is 2.03. The van der Waals surface area contributed by atoms with Gasteiger partial charge in [0.05, 0.1) is 0 Å². The van der Waals surface area contributed by atoms with E-state index in [1.807, 2.05) is 13.2 Å². The number of hydrogen-bond donors (Lipinski definition) is 1. The van der Waals surface area contributed by atoms with Gasteiger partial charge in [-0.3, -0.25) is 0 Å². The molecule has 0 unspecified atom stereocenters. The lowest BCUT2D eigenvalue weighted by Gasteiger charge is -1.90. The quantitative estimate of drug-likeness (QED) is 0.842. The van der Waals surface area contributed by atoms with Gasteiger partial charge in [-0.1, -0.05) is 0 Å². The lowest BCUT2D eigenvalue weighted by molar-refractivity contribution is 0.829. The Kier molecular flexibility index (Phi) is 2.73. The van der Waals surface area contributed by atoms with Crippen LogP contribution in [0.1, 0.15) is 4.88 Å². The Labute approximate surface area is 85.3 Å². The minimum absolute atomic E-state index is 0.905. The lowest BCUT2D eigenvalue weighted by atomic mass is 10.4. The van der Waals surface area contributed by atoms with Gasteiger partial charge in [0, 0.05) is 28.6 Å². The zero-order chi connectivity index (χ0) is 9.10. The lowest BCUT2D eigenvalue weighted by Crippen LogP contribution is -2.02. The van der Waals surface area contributed by atoms with E-state index in [1.54, 1.807) is 22.7 Å². The van der Waals surface area contributed by atoms with Crippen molar-refractivity contribution < 1.29 is 0 Å². The second-order valence-corrected chi connectivity index (χ2v) is 4.57. The monoisotopic (exact) mass is 210 g/mol. The first-order valence-corrected chi connectivity index (χ1v) is 5.78. The summed E-state index contributed by atoms with van der Waals surface area (Å²) in [5, 5.41) is 8.44. The van der Waals surface area contributed by atoms with Gasteiger partial charge in [-0.05, 0) is 18.5 Å². The van der Waals surface area contributed by atoms with E-state index >= 15 is 0 Å². The van der Waals surface area contributed by atoms with Crippen molar-refractivity contribution >= 4 is 22.7 Å². The zero-order valence-corrected chi connectivity index (χ0v) is 8.91. The number of hydrogen-bond acceptors (Lipinski definition) is 4. The van der Waals surface area contributed by atoms with Crippen molar-refractivity contribution in [3.8, 4) is 10.6 Å². The molecule has 0 saturated heterocycles. The first-order valence-electron chi connectivity index (χ1n) is 4.02. The fourth-order valence-electron chi connectivity index (χ4n) is 1.08. The largest absolute Gasteiger partial charge is 0.315 e. The molecule has 0 spiro atoms. The van der Waals surface area contributed by atoms with Crippen LogP contribution in [0, 0.1) is 0 Å². The van der Waals surface area contributed by atoms with Crippen molar-refractivity contribution in [2.24, 2.45) is 0 Å². The van der Waals surface area contributed by atoms with Gasteiger partial charge in [0.15, 0.2) is 0 Å². The molecule has 0 saturated carbocycles. The minimum atomic E-state index is 0.905. The topological polar surface area (TPSA) is 24.9 Å². The maximum absolute atomic E-state index is 4.36. The van der Waals surface area contributed by atoms with Crippen LogP contribution in [0.25, 0.3) is 10.6 Å². The van der Waals surface area contributed by atoms with Gasteiger partial charge in [0.2, 0.25) is 0 Å². The number of thiazole rings is 1. The van der Waals surface area contributed by atoms with Crippen LogP contribution in [0.2, 0.25) is 0 Å². The van der Waals surface area contributed by atoms with Crippen LogP contribution in [0.4, 0.5) is 0 Å². The third-order valence-electron chi connectivity index (χ3n) is 1.67. The van der Waals surface area contributed by atoms with E-state index < -0.39 is 0 Å². The Morgan fingerprint density at radius 2 is 2.46 bits per heavy atom. The molecule has 2 aromatic rings. The average molecular weight is 210 g/mol. The summed E-state index contributed by atoms with van der Waals surface area (Å²) in [6, 6.07) is 2.10. The maximum atomic E-state index is 4.36. The fourth-order valence-corrected chi connectivity index (χ4v) is 2.72. The number of thiophene rings is 1. The molecule has 13 heavy (non-hydrogen) atoms. The molecular formula is C9H10N2S2. The molecule has 0 aliphatic rings. The van der Waals surface area contributed by atoms with Crippen molar-refractivity contribution in [3.63, 3.8) is 0 Å². The second kappa shape index (κ2) is 4.00. The SMILES string of the molecule is CNCc1cnc(-c2ccsc2)s1. The Morgan fingerprint density at radius 1 is 1.54 bits per heavy atom. The van der Waals surface area contributed by atoms with E-state index in [2.05, 4.69) is 27.1 Å². The molecule has 2 rings (SSSR count). The summed E-state index contributed by atoms with van der Waals surface area (Å²) in [5.41, 5.74) is 1.23. The van der Waals surface area contributed by atoms with Crippen LogP contribution < -0.4 is 5.32 Å². The molecule has 0 aliphatic heterocycles. The number of aromatic nitrogens is 1. The van der Waals surface area contributed by atoms with Crippen LogP contribution in [-0.4, -0.2) is 12.0 Å². The summed E-state index contributed by atoms with van der Waals surface area (Å²) < 4.78 is 0. The summed E-state index contributed by atoms with van der Waals surface area (Å²) >= 11 is 3.46. The van der Waals surface area contributed by atoms with Gasteiger partial charge in [-0.25, -0.2) is 4.98 Å². The van der Waals surface area contributed by atoms with Crippen molar-refractivity contribution in [3.05, 3.63) is 27.9 Å². The van der Waals surface area contributed by atoms with E-state index in [0.717, 1.165) is 11.6 Å². The highest BCUT2D eigenvalue weighted by atomic mass is 32.1. The van der Waals surface area contributed by atoms with Gasteiger partial charge in [-0.2, -0.15) is 11.3 Å². The normalized spacial score (nSPS) is 10.5. The van der Waals surface area contributed by atoms with Crippen LogP contribution in [0.5, 0.6) is 0 Å². The minimum Gasteiger partial charge on any atom is -0.315 e. The maximum Gasteiger partial charge on any atom is 0.124 e. The van der Waals surface area contributed by atoms with Gasteiger partial charge in [0.25, 0.3) is 0 Å². The standard InChI is InChI=1S/C9H10N2S2/c1-10-4-8-5-11-9(13-8)7-2-3-12-6-7/h2-3,5-6,10H,4H2,1H3. The summed E-state index contributed by atoms with van der Waals surface area (Å²) in [6.07, 6.45) is 1.94. The Balaban J connectivity index is 2.23. The molecule has 0 amide bonds. The van der Waals surface area contributed by atoms with Crippen molar-refractivity contribution in [2.45, 2.75) is 6.54 Å². The first-order chi connectivity index (χ1) is 6.40. The molecule has 0 fully saturated rings. The van der Waals surface area contributed by atoms with Gasteiger partial charge < -0.3 is 5.32 Å². The van der Waals surface area contributed by atoms with Crippen molar-refractivity contribution in [1.82, 2.24) is 10.3 Å². The van der Waals surface area contributed by atoms with Crippen LogP contribution in [0.15, 0.2) is 23.0 Å². The predicted molar refractivity (Wildman–Crippen MR) is 58.2 cm³/mol. The second-order valence-electron chi connectivity index (χ2n) is 2.67. The van der Waals surface area contributed by atoms with E-state index in [-0.39, 0.29) is 0 Å². The van der Waals surface area contributed by atoms with E-state index in [9.17, 15) is 0 Å². The summed E-state index contributed by atoms with van der Waals surface area (Å²) in [6.45, 7) is 0.905. The molecular weight excluding hydrogens is 200 g/mol. The van der Waals surface area contributed by atoms with E-state index in [0.29, 0.717) is 0 Å². The molecule has 68 valence electrons. The fraction of sp³-hybridized carbons (Fsp3) is 0.222. The number of nitrogens with zero attached hydrogens (tertiary/aromatic N) is 1. The first kappa shape index (κ1) is 8.87. The van der Waals surface area contributed by atoms with Crippen molar-refractivity contribution in [2.75, 3.05) is 7.05 Å². The van der Waals surface area contributed by atoms with Crippen molar-refractivity contribution in [1.29, 1.82) is 0 Å². The Bertz CT molecular complexity index is 365. The third-order valence-corrected chi connectivity index (χ3v) is 3.40. The van der Waals surface area contributed by atoms with Crippen LogP contribution in [-0.2, 0) is 6.54 Å². The molecule has 2 nitrogen and oxygen atoms in total. The van der Waals surface area contributed by atoms with E-state index in [4.69, 9.17) is 0 Å². The molecule has 2 heterocycles. The molecule has 1 N–H and O–H groups in total. The van der Waals surface area contributed by atoms with Gasteiger partial charge >= 0.3 is 0 Å². The predicted octanol–water partition coefficient (Wildman–Crippen LogP) is 2.59. The van der Waals surface area contributed by atoms with Gasteiger partial charge in [0.1, 0.15) is 5.01 Å².